The van der Waals surface area contributed by atoms with Gasteiger partial charge in [0, 0.05) is 12.6 Å². The zero-order valence-corrected chi connectivity index (χ0v) is 20.8. The molecule has 0 bridgehead atoms. The molecule has 4 N–H and O–H groups in total. The number of hydrogen-bond donors (Lipinski definition) is 4. The van der Waals surface area contributed by atoms with Gasteiger partial charge in [-0.15, -0.1) is 11.3 Å². The zero-order valence-electron chi connectivity index (χ0n) is 19.1. The number of rotatable bonds is 11. The highest BCUT2D eigenvalue weighted by molar-refractivity contribution is 7.92. The Morgan fingerprint density at radius 1 is 1.08 bits per heavy atom. The van der Waals surface area contributed by atoms with Crippen molar-refractivity contribution in [3.63, 3.8) is 0 Å². The van der Waals surface area contributed by atoms with Gasteiger partial charge in [0.15, 0.2) is 15.1 Å². The number of carboxylic acids is 1. The highest BCUT2D eigenvalue weighted by Gasteiger charge is 2.37. The van der Waals surface area contributed by atoms with Crippen molar-refractivity contribution in [2.45, 2.75) is 30.6 Å². The third-order valence-corrected chi connectivity index (χ3v) is 8.89. The van der Waals surface area contributed by atoms with Crippen LogP contribution in [-0.2, 0) is 19.4 Å². The largest absolute Gasteiger partial charge is 0.478 e. The second kappa shape index (κ2) is 10.7. The van der Waals surface area contributed by atoms with Gasteiger partial charge in [-0.2, -0.15) is 0 Å². The SMILES string of the molecule is O=C(CNC(=O)C(c1nc2ccc(-c3ccc(C(=O)O)cc3)cc2s1)S(=O)(=O)CCCO)NC1CC1. The molecule has 1 fully saturated rings. The van der Waals surface area contributed by atoms with Crippen LogP contribution in [0, 0.1) is 0 Å². The smallest absolute Gasteiger partial charge is 0.335 e. The fourth-order valence-corrected chi connectivity index (χ4v) is 6.73. The van der Waals surface area contributed by atoms with Gasteiger partial charge in [-0.25, -0.2) is 18.2 Å². The van der Waals surface area contributed by atoms with Crippen molar-refractivity contribution in [2.75, 3.05) is 18.9 Å². The van der Waals surface area contributed by atoms with Crippen LogP contribution in [0.25, 0.3) is 21.3 Å². The molecule has 1 saturated carbocycles. The number of carbonyl (C=O) groups is 3. The summed E-state index contributed by atoms with van der Waals surface area (Å²) in [5, 5.41) is 21.8. The fraction of sp³-hybridized carbons (Fsp3) is 0.333. The molecule has 4 rings (SSSR count). The Balaban J connectivity index is 1.62. The van der Waals surface area contributed by atoms with Crippen molar-refractivity contribution in [3.8, 4) is 11.1 Å². The Bertz CT molecular complexity index is 1400. The summed E-state index contributed by atoms with van der Waals surface area (Å²) in [6, 6.07) is 11.7. The average molecular weight is 532 g/mol. The van der Waals surface area contributed by atoms with Crippen LogP contribution in [0.1, 0.15) is 39.9 Å². The van der Waals surface area contributed by atoms with Gasteiger partial charge in [0.05, 0.1) is 28.1 Å². The first-order valence-electron chi connectivity index (χ1n) is 11.3. The maximum atomic E-state index is 13.1. The van der Waals surface area contributed by atoms with Gasteiger partial charge in [0.25, 0.3) is 0 Å². The molecule has 10 nitrogen and oxygen atoms in total. The Morgan fingerprint density at radius 2 is 1.78 bits per heavy atom. The fourth-order valence-electron chi connectivity index (χ4n) is 3.62. The maximum Gasteiger partial charge on any atom is 0.335 e. The molecule has 1 unspecified atom stereocenters. The van der Waals surface area contributed by atoms with Crippen LogP contribution < -0.4 is 10.6 Å². The molecule has 1 aliphatic rings. The molecule has 0 saturated heterocycles. The summed E-state index contributed by atoms with van der Waals surface area (Å²) in [6.45, 7) is -0.691. The number of carbonyl (C=O) groups excluding carboxylic acids is 2. The predicted octanol–water partition coefficient (Wildman–Crippen LogP) is 1.89. The lowest BCUT2D eigenvalue weighted by Gasteiger charge is -2.15. The van der Waals surface area contributed by atoms with E-state index in [9.17, 15) is 22.8 Å². The molecule has 1 aromatic heterocycles. The van der Waals surface area contributed by atoms with Crippen LogP contribution in [0.5, 0.6) is 0 Å². The first-order chi connectivity index (χ1) is 17.2. The normalized spacial score (nSPS) is 14.4. The quantitative estimate of drug-likeness (QED) is 0.291. The standard InChI is InChI=1S/C24H25N3O7S2/c28-10-1-11-36(33,34)21(22(30)25-13-20(29)26-17-7-8-17)23-27-18-9-6-16(12-19(18)35-23)14-2-4-15(5-3-14)24(31)32/h2-6,9,12,17,21,28H,1,7-8,10-11,13H2,(H,25,30)(H,26,29)(H,31,32). The van der Waals surface area contributed by atoms with E-state index in [-0.39, 0.29) is 42.1 Å². The van der Waals surface area contributed by atoms with Gasteiger partial charge < -0.3 is 20.8 Å². The van der Waals surface area contributed by atoms with Crippen LogP contribution in [0.2, 0.25) is 0 Å². The Hall–Kier alpha value is -3.35. The first kappa shape index (κ1) is 25.7. The summed E-state index contributed by atoms with van der Waals surface area (Å²) in [5.74, 6) is -2.67. The van der Waals surface area contributed by atoms with E-state index in [4.69, 9.17) is 10.2 Å². The number of sulfone groups is 1. The van der Waals surface area contributed by atoms with Crippen molar-refractivity contribution in [1.82, 2.24) is 15.6 Å². The van der Waals surface area contributed by atoms with Crippen molar-refractivity contribution >= 4 is 49.2 Å². The van der Waals surface area contributed by atoms with Gasteiger partial charge in [-0.1, -0.05) is 18.2 Å². The van der Waals surface area contributed by atoms with E-state index >= 15 is 0 Å². The Labute approximate surface area is 211 Å². The average Bonchev–Trinajstić information content (AvgIpc) is 3.56. The molecule has 2 aromatic carbocycles. The number of thiazole rings is 1. The van der Waals surface area contributed by atoms with E-state index in [1.165, 1.54) is 12.1 Å². The molecule has 190 valence electrons. The van der Waals surface area contributed by atoms with Gasteiger partial charge in [-0.3, -0.25) is 9.59 Å². The number of benzene rings is 2. The molecule has 0 aliphatic heterocycles. The van der Waals surface area contributed by atoms with Crippen LogP contribution in [-0.4, -0.2) is 66.3 Å². The Kier molecular flexibility index (Phi) is 7.67. The summed E-state index contributed by atoms with van der Waals surface area (Å²) in [5.41, 5.74) is 2.20. The molecule has 1 aliphatic carbocycles. The second-order valence-corrected chi connectivity index (χ2v) is 11.8. The molecule has 12 heteroatoms. The summed E-state index contributed by atoms with van der Waals surface area (Å²) in [6.07, 6.45) is 1.74. The number of nitrogens with zero attached hydrogens (tertiary/aromatic N) is 1. The van der Waals surface area contributed by atoms with E-state index in [0.29, 0.717) is 10.2 Å². The van der Waals surface area contributed by atoms with Crippen molar-refractivity contribution < 1.29 is 33.0 Å². The number of fused-ring (bicyclic) bond motifs is 1. The van der Waals surface area contributed by atoms with Crippen molar-refractivity contribution in [2.24, 2.45) is 0 Å². The van der Waals surface area contributed by atoms with Crippen LogP contribution in [0.3, 0.4) is 0 Å². The lowest BCUT2D eigenvalue weighted by Crippen LogP contribution is -2.41. The highest BCUT2D eigenvalue weighted by Crippen LogP contribution is 2.34. The lowest BCUT2D eigenvalue weighted by atomic mass is 10.0. The third-order valence-electron chi connectivity index (χ3n) is 5.64. The van der Waals surface area contributed by atoms with E-state index in [0.717, 1.165) is 35.3 Å². The van der Waals surface area contributed by atoms with Crippen molar-refractivity contribution in [1.29, 1.82) is 0 Å². The van der Waals surface area contributed by atoms with Gasteiger partial charge in [0.2, 0.25) is 11.8 Å². The van der Waals surface area contributed by atoms with E-state index in [2.05, 4.69) is 15.6 Å². The number of nitrogens with one attached hydrogen (secondary N) is 2. The van der Waals surface area contributed by atoms with Crippen molar-refractivity contribution in [3.05, 3.63) is 53.0 Å². The molecule has 2 amide bonds. The number of hydrogen-bond acceptors (Lipinski definition) is 8. The lowest BCUT2D eigenvalue weighted by molar-refractivity contribution is -0.126. The number of aromatic carboxylic acids is 1. The molecular weight excluding hydrogens is 506 g/mol. The topological polar surface area (TPSA) is 163 Å². The zero-order chi connectivity index (χ0) is 25.9. The minimum Gasteiger partial charge on any atom is -0.478 e. The molecule has 0 spiro atoms. The number of amides is 2. The molecular formula is C24H25N3O7S2. The number of aliphatic hydroxyl groups is 1. The molecule has 1 atom stereocenters. The van der Waals surface area contributed by atoms with Gasteiger partial charge >= 0.3 is 5.97 Å². The molecule has 36 heavy (non-hydrogen) atoms. The molecule has 1 heterocycles. The van der Waals surface area contributed by atoms with E-state index in [1.54, 1.807) is 30.3 Å². The number of aliphatic hydroxyl groups excluding tert-OH is 1. The minimum atomic E-state index is -4.03. The number of carboxylic acid groups (broad SMARTS) is 1. The summed E-state index contributed by atoms with van der Waals surface area (Å²) in [4.78, 5) is 40.5. The Morgan fingerprint density at radius 3 is 2.42 bits per heavy atom. The summed E-state index contributed by atoms with van der Waals surface area (Å²) >= 11 is 1.06. The summed E-state index contributed by atoms with van der Waals surface area (Å²) in [7, 11) is -4.03. The third kappa shape index (κ3) is 6.07. The minimum absolute atomic E-state index is 0.0321. The second-order valence-electron chi connectivity index (χ2n) is 8.50. The van der Waals surface area contributed by atoms with Crippen LogP contribution >= 0.6 is 11.3 Å². The highest BCUT2D eigenvalue weighted by atomic mass is 32.2. The van der Waals surface area contributed by atoms with Crippen LogP contribution in [0.4, 0.5) is 0 Å². The van der Waals surface area contributed by atoms with E-state index in [1.807, 2.05) is 0 Å². The molecule has 0 radical (unpaired) electrons. The van der Waals surface area contributed by atoms with Crippen LogP contribution in [0.15, 0.2) is 42.5 Å². The monoisotopic (exact) mass is 531 g/mol. The summed E-state index contributed by atoms with van der Waals surface area (Å²) < 4.78 is 26.8. The number of aromatic nitrogens is 1. The molecule has 3 aromatic rings. The van der Waals surface area contributed by atoms with Gasteiger partial charge in [-0.05, 0) is 54.7 Å². The van der Waals surface area contributed by atoms with E-state index < -0.39 is 32.7 Å². The van der Waals surface area contributed by atoms with Gasteiger partial charge in [0.1, 0.15) is 5.01 Å². The maximum absolute atomic E-state index is 13.1. The first-order valence-corrected chi connectivity index (χ1v) is 13.8. The predicted molar refractivity (Wildman–Crippen MR) is 134 cm³/mol.